The van der Waals surface area contributed by atoms with Crippen LogP contribution >= 0.6 is 17.0 Å². The van der Waals surface area contributed by atoms with E-state index in [-0.39, 0.29) is 28.9 Å². The summed E-state index contributed by atoms with van der Waals surface area (Å²) in [5.74, 6) is 0. The van der Waals surface area contributed by atoms with Crippen LogP contribution in [0.4, 0.5) is 0 Å². The molecule has 0 aromatic heterocycles. The minimum absolute atomic E-state index is 0.0108. The Labute approximate surface area is 343 Å². The van der Waals surface area contributed by atoms with Crippen molar-refractivity contribution in [2.24, 2.45) is 0 Å². The molecule has 0 saturated carbocycles. The summed E-state index contributed by atoms with van der Waals surface area (Å²) in [4.78, 5) is 0. The molecule has 0 spiro atoms. The van der Waals surface area contributed by atoms with Gasteiger partial charge in [-0.25, -0.2) is 0 Å². The molecule has 0 nitrogen and oxygen atoms in total. The maximum absolute atomic E-state index is 8.61. The first-order chi connectivity index (χ1) is 25.1. The van der Waals surface area contributed by atoms with E-state index in [0.29, 0.717) is 0 Å². The van der Waals surface area contributed by atoms with Crippen LogP contribution in [0.25, 0.3) is 34.4 Å². The standard InChI is InChI=1S/2C25H31.C2H5.2ClH.Zr/c2*1-16-11-22-17(2)9-10-21(23(22)12-16)18-13-19(24(3,4)5)15-20(14-18)25(6,7)8;1-2;;;/h2*9-15H,1-8H3;1H2,2H3;2*1H;/q;;;;;+2/p-2. The van der Waals surface area contributed by atoms with Gasteiger partial charge in [0.1, 0.15) is 0 Å². The van der Waals surface area contributed by atoms with Crippen molar-refractivity contribution < 1.29 is 16.4 Å². The van der Waals surface area contributed by atoms with Crippen molar-refractivity contribution in [3.05, 3.63) is 127 Å². The van der Waals surface area contributed by atoms with Gasteiger partial charge in [-0.3, -0.25) is 0 Å². The predicted octanol–water partition coefficient (Wildman–Crippen LogP) is 16.9. The van der Waals surface area contributed by atoms with Gasteiger partial charge in [-0.2, -0.15) is 0 Å². The van der Waals surface area contributed by atoms with Crippen molar-refractivity contribution in [2.45, 2.75) is 151 Å². The number of halogens is 2. The maximum atomic E-state index is 8.61. The van der Waals surface area contributed by atoms with Gasteiger partial charge in [0.15, 0.2) is 0 Å². The van der Waals surface area contributed by atoms with Crippen molar-refractivity contribution in [3.63, 3.8) is 0 Å². The van der Waals surface area contributed by atoms with Crippen molar-refractivity contribution in [2.75, 3.05) is 0 Å². The SMILES string of the molecule is C[CH2][Zr]([Cl])([Cl])([CH]1C(C)=Cc2c(-c3cc(C(C)(C)C)cc(C(C)(C)C)c3)ccc(C)c21)[CH]1C(C)=Cc2c(-c3cc(C(C)(C)C)cc(C(C)(C)C)c3)ccc(C)c21. The Kier molecular flexibility index (Phi) is 10.6. The number of aryl methyl sites for hydroxylation is 2. The number of rotatable bonds is 5. The number of allylic oxidation sites excluding steroid dienone is 2. The molecule has 0 heterocycles. The van der Waals surface area contributed by atoms with Gasteiger partial charge in [0, 0.05) is 0 Å². The topological polar surface area (TPSA) is 0 Å². The van der Waals surface area contributed by atoms with Crippen molar-refractivity contribution in [1.82, 2.24) is 0 Å². The fourth-order valence-corrected chi connectivity index (χ4v) is 28.8. The van der Waals surface area contributed by atoms with Crippen LogP contribution in [0.5, 0.6) is 0 Å². The Morgan fingerprint density at radius 3 is 1.02 bits per heavy atom. The first-order valence-electron chi connectivity index (χ1n) is 20.6. The van der Waals surface area contributed by atoms with Crippen LogP contribution in [-0.4, -0.2) is 0 Å². The Morgan fingerprint density at radius 2 is 0.764 bits per heavy atom. The molecule has 0 bridgehead atoms. The fourth-order valence-electron chi connectivity index (χ4n) is 9.54. The van der Waals surface area contributed by atoms with Gasteiger partial charge in [0.25, 0.3) is 0 Å². The summed E-state index contributed by atoms with van der Waals surface area (Å²) in [6.07, 6.45) is 4.89. The molecule has 3 heteroatoms. The van der Waals surface area contributed by atoms with E-state index in [2.05, 4.69) is 191 Å². The molecule has 2 aliphatic rings. The Hall–Kier alpha value is -2.18. The summed E-state index contributed by atoms with van der Waals surface area (Å²) in [5, 5.41) is 0. The van der Waals surface area contributed by atoms with Crippen molar-refractivity contribution in [1.29, 1.82) is 0 Å². The predicted molar refractivity (Wildman–Crippen MR) is 243 cm³/mol. The van der Waals surface area contributed by atoms with Crippen LogP contribution in [0.15, 0.2) is 71.8 Å². The van der Waals surface area contributed by atoms with Crippen molar-refractivity contribution >= 4 is 29.2 Å². The van der Waals surface area contributed by atoms with E-state index < -0.39 is 16.4 Å². The average molecular weight is 854 g/mol. The van der Waals surface area contributed by atoms with E-state index in [0.717, 1.165) is 4.13 Å². The van der Waals surface area contributed by atoms with Gasteiger partial charge < -0.3 is 0 Å². The van der Waals surface area contributed by atoms with Crippen LogP contribution in [0.1, 0.15) is 167 Å². The van der Waals surface area contributed by atoms with Gasteiger partial charge >= 0.3 is 346 Å². The molecule has 6 rings (SSSR count). The molecule has 4 aromatic carbocycles. The summed E-state index contributed by atoms with van der Waals surface area (Å²) in [6.45, 7) is 39.3. The first-order valence-corrected chi connectivity index (χ1v) is 31.5. The monoisotopic (exact) mass is 851 g/mol. The van der Waals surface area contributed by atoms with Gasteiger partial charge in [0.05, 0.1) is 0 Å². The van der Waals surface area contributed by atoms with E-state index in [4.69, 9.17) is 17.0 Å². The third kappa shape index (κ3) is 7.40. The van der Waals surface area contributed by atoms with E-state index >= 15 is 0 Å². The molecule has 2 aliphatic carbocycles. The van der Waals surface area contributed by atoms with Crippen LogP contribution in [-0.2, 0) is 38.1 Å². The minimum atomic E-state index is -4.94. The normalized spacial score (nSPS) is 18.4. The number of benzene rings is 4. The van der Waals surface area contributed by atoms with Crippen LogP contribution in [0, 0.1) is 13.8 Å². The zero-order valence-electron chi connectivity index (χ0n) is 37.0. The average Bonchev–Trinajstić information content (AvgIpc) is 3.62. The zero-order valence-corrected chi connectivity index (χ0v) is 41.0. The van der Waals surface area contributed by atoms with E-state index in [1.54, 1.807) is 0 Å². The Balaban J connectivity index is 1.57. The van der Waals surface area contributed by atoms with Crippen LogP contribution in [0.2, 0.25) is 4.13 Å². The molecule has 4 aromatic rings. The molecule has 0 N–H and O–H groups in total. The molecule has 0 radical (unpaired) electrons. The third-order valence-electron chi connectivity index (χ3n) is 13.0. The number of hydrogen-bond donors (Lipinski definition) is 0. The molecule has 0 fully saturated rings. The molecule has 2 atom stereocenters. The summed E-state index contributed by atoms with van der Waals surface area (Å²) in [7, 11) is 17.2. The third-order valence-corrected chi connectivity index (χ3v) is 34.1. The Morgan fingerprint density at radius 1 is 0.473 bits per heavy atom. The van der Waals surface area contributed by atoms with Gasteiger partial charge in [-0.05, 0) is 0 Å². The van der Waals surface area contributed by atoms with Crippen molar-refractivity contribution in [3.8, 4) is 22.3 Å². The Bertz CT molecular complexity index is 2050. The summed E-state index contributed by atoms with van der Waals surface area (Å²) in [5.41, 5.74) is 21.2. The molecular formula is C52H67Cl2Zr. The fraction of sp³-hybridized carbons (Fsp3) is 0.462. The molecule has 0 aliphatic heterocycles. The summed E-state index contributed by atoms with van der Waals surface area (Å²) in [6, 6.07) is 23.9. The second-order valence-corrected chi connectivity index (χ2v) is 44.4. The zero-order chi connectivity index (χ0) is 41.0. The molecule has 55 heavy (non-hydrogen) atoms. The summed E-state index contributed by atoms with van der Waals surface area (Å²) >= 11 is -4.94. The summed E-state index contributed by atoms with van der Waals surface area (Å²) < 4.78 is 0.817. The quantitative estimate of drug-likeness (QED) is 0.188. The van der Waals surface area contributed by atoms with Crippen LogP contribution < -0.4 is 0 Å². The second kappa shape index (κ2) is 13.7. The first kappa shape index (κ1) is 42.4. The number of hydrogen-bond acceptors (Lipinski definition) is 0. The molecular weight excluding hydrogens is 787 g/mol. The molecule has 293 valence electrons. The number of fused-ring (bicyclic) bond motifs is 2. The van der Waals surface area contributed by atoms with Gasteiger partial charge in [-0.1, -0.05) is 0 Å². The molecule has 0 saturated heterocycles. The molecule has 0 amide bonds. The van der Waals surface area contributed by atoms with Crippen LogP contribution in [0.3, 0.4) is 0 Å². The van der Waals surface area contributed by atoms with Gasteiger partial charge in [0.2, 0.25) is 0 Å². The van der Waals surface area contributed by atoms with E-state index in [9.17, 15) is 0 Å². The van der Waals surface area contributed by atoms with Gasteiger partial charge in [-0.15, -0.1) is 0 Å². The second-order valence-electron chi connectivity index (χ2n) is 21.5. The molecule has 2 unspecified atom stereocenters. The van der Waals surface area contributed by atoms with E-state index in [1.807, 2.05) is 0 Å². The van der Waals surface area contributed by atoms with E-state index in [1.165, 1.54) is 89.0 Å².